The third-order valence-electron chi connectivity index (χ3n) is 4.77. The number of benzene rings is 1. The van der Waals surface area contributed by atoms with Gasteiger partial charge in [0.2, 0.25) is 5.76 Å². The maximum atomic E-state index is 13.9. The van der Waals surface area contributed by atoms with Crippen molar-refractivity contribution in [3.63, 3.8) is 0 Å². The molecule has 0 N–H and O–H groups in total. The molecule has 1 aromatic carbocycles. The van der Waals surface area contributed by atoms with Crippen molar-refractivity contribution in [2.75, 3.05) is 6.54 Å². The standard InChI is InChI=1S/C19H19FN4O2/c1-2-24-17(9-10-21-24)16-8-5-11-23(16)19(25)18-12-15(22-26-18)13-6-3-4-7-14(13)20/h3-4,6-7,9-10,12,16H,2,5,8,11H2,1H3. The molecule has 6 nitrogen and oxygen atoms in total. The molecular formula is C19H19FN4O2. The molecule has 1 amide bonds. The van der Waals surface area contributed by atoms with Crippen LogP contribution in [0.4, 0.5) is 4.39 Å². The summed E-state index contributed by atoms with van der Waals surface area (Å²) in [5, 5.41) is 8.18. The highest BCUT2D eigenvalue weighted by atomic mass is 19.1. The molecule has 1 aliphatic heterocycles. The van der Waals surface area contributed by atoms with Crippen LogP contribution in [0, 0.1) is 5.82 Å². The SMILES string of the molecule is CCn1nccc1C1CCCN1C(=O)c1cc(-c2ccccc2F)no1. The number of aryl methyl sites for hydroxylation is 1. The smallest absolute Gasteiger partial charge is 0.293 e. The zero-order valence-corrected chi connectivity index (χ0v) is 14.4. The van der Waals surface area contributed by atoms with Gasteiger partial charge in [0.15, 0.2) is 0 Å². The van der Waals surface area contributed by atoms with Gasteiger partial charge in [-0.25, -0.2) is 4.39 Å². The van der Waals surface area contributed by atoms with Crippen LogP contribution < -0.4 is 0 Å². The first kappa shape index (κ1) is 16.5. The predicted octanol–water partition coefficient (Wildman–Crippen LogP) is 3.67. The largest absolute Gasteiger partial charge is 0.350 e. The van der Waals surface area contributed by atoms with E-state index in [0.717, 1.165) is 25.1 Å². The molecule has 0 spiro atoms. The molecule has 1 atom stereocenters. The van der Waals surface area contributed by atoms with Gasteiger partial charge in [0.25, 0.3) is 5.91 Å². The monoisotopic (exact) mass is 354 g/mol. The fraction of sp³-hybridized carbons (Fsp3) is 0.316. The lowest BCUT2D eigenvalue weighted by atomic mass is 10.1. The van der Waals surface area contributed by atoms with E-state index in [4.69, 9.17) is 4.52 Å². The Morgan fingerprint density at radius 2 is 2.19 bits per heavy atom. The Kier molecular flexibility index (Phi) is 4.28. The Bertz CT molecular complexity index is 933. The number of hydrogen-bond acceptors (Lipinski definition) is 4. The molecule has 0 radical (unpaired) electrons. The minimum atomic E-state index is -0.398. The van der Waals surface area contributed by atoms with Gasteiger partial charge in [-0.3, -0.25) is 9.48 Å². The molecule has 1 saturated heterocycles. The summed E-state index contributed by atoms with van der Waals surface area (Å²) >= 11 is 0. The Balaban J connectivity index is 1.61. The lowest BCUT2D eigenvalue weighted by Gasteiger charge is -2.24. The van der Waals surface area contributed by atoms with Crippen molar-refractivity contribution in [1.29, 1.82) is 0 Å². The third kappa shape index (κ3) is 2.79. The molecule has 1 aliphatic rings. The highest BCUT2D eigenvalue weighted by Gasteiger charge is 2.34. The van der Waals surface area contributed by atoms with Crippen LogP contribution in [0.2, 0.25) is 0 Å². The minimum absolute atomic E-state index is 0.0352. The van der Waals surface area contributed by atoms with Crippen LogP contribution in [0.5, 0.6) is 0 Å². The summed E-state index contributed by atoms with van der Waals surface area (Å²) < 4.78 is 21.1. The summed E-state index contributed by atoms with van der Waals surface area (Å²) in [5.74, 6) is -0.505. The maximum absolute atomic E-state index is 13.9. The van der Waals surface area contributed by atoms with Gasteiger partial charge in [-0.05, 0) is 38.0 Å². The first-order valence-electron chi connectivity index (χ1n) is 8.73. The third-order valence-corrected chi connectivity index (χ3v) is 4.77. The van der Waals surface area contributed by atoms with Crippen LogP contribution in [0.1, 0.15) is 42.1 Å². The number of hydrogen-bond donors (Lipinski definition) is 0. The van der Waals surface area contributed by atoms with E-state index in [1.807, 2.05) is 17.7 Å². The van der Waals surface area contributed by atoms with E-state index in [9.17, 15) is 9.18 Å². The van der Waals surface area contributed by atoms with Crippen LogP contribution in [0.25, 0.3) is 11.3 Å². The summed E-state index contributed by atoms with van der Waals surface area (Å²) in [5.41, 5.74) is 1.66. The molecule has 2 aromatic heterocycles. The lowest BCUT2D eigenvalue weighted by Crippen LogP contribution is -2.31. The molecule has 0 bridgehead atoms. The molecule has 0 saturated carbocycles. The van der Waals surface area contributed by atoms with E-state index in [1.165, 1.54) is 12.1 Å². The molecule has 3 heterocycles. The fourth-order valence-corrected chi connectivity index (χ4v) is 3.52. The van der Waals surface area contributed by atoms with E-state index in [1.54, 1.807) is 29.3 Å². The summed E-state index contributed by atoms with van der Waals surface area (Å²) in [6, 6.07) is 9.71. The van der Waals surface area contributed by atoms with Crippen molar-refractivity contribution in [3.05, 3.63) is 59.9 Å². The van der Waals surface area contributed by atoms with Crippen molar-refractivity contribution < 1.29 is 13.7 Å². The summed E-state index contributed by atoms with van der Waals surface area (Å²) in [6.07, 6.45) is 3.55. The molecular weight excluding hydrogens is 335 g/mol. The number of carbonyl (C=O) groups is 1. The van der Waals surface area contributed by atoms with Gasteiger partial charge >= 0.3 is 0 Å². The average Bonchev–Trinajstić information content (AvgIpc) is 3.39. The van der Waals surface area contributed by atoms with E-state index < -0.39 is 5.82 Å². The van der Waals surface area contributed by atoms with Gasteiger partial charge in [-0.1, -0.05) is 17.3 Å². The first-order chi connectivity index (χ1) is 12.7. The van der Waals surface area contributed by atoms with Gasteiger partial charge in [-0.2, -0.15) is 5.10 Å². The summed E-state index contributed by atoms with van der Waals surface area (Å²) in [7, 11) is 0. The quantitative estimate of drug-likeness (QED) is 0.717. The molecule has 26 heavy (non-hydrogen) atoms. The Morgan fingerprint density at radius 1 is 1.35 bits per heavy atom. The molecule has 1 fully saturated rings. The van der Waals surface area contributed by atoms with Gasteiger partial charge in [-0.15, -0.1) is 0 Å². The lowest BCUT2D eigenvalue weighted by molar-refractivity contribution is 0.0687. The predicted molar refractivity (Wildman–Crippen MR) is 92.8 cm³/mol. The van der Waals surface area contributed by atoms with Crippen LogP contribution in [0.3, 0.4) is 0 Å². The second kappa shape index (κ2) is 6.74. The number of carbonyl (C=O) groups excluding carboxylic acids is 1. The van der Waals surface area contributed by atoms with Crippen LogP contribution >= 0.6 is 0 Å². The van der Waals surface area contributed by atoms with Crippen molar-refractivity contribution in [3.8, 4) is 11.3 Å². The average molecular weight is 354 g/mol. The van der Waals surface area contributed by atoms with Crippen LogP contribution in [-0.4, -0.2) is 32.3 Å². The minimum Gasteiger partial charge on any atom is -0.350 e. The van der Waals surface area contributed by atoms with E-state index in [0.29, 0.717) is 17.8 Å². The molecule has 3 aromatic rings. The zero-order valence-electron chi connectivity index (χ0n) is 14.4. The number of aromatic nitrogens is 3. The fourth-order valence-electron chi connectivity index (χ4n) is 3.52. The van der Waals surface area contributed by atoms with E-state index in [2.05, 4.69) is 10.3 Å². The van der Waals surface area contributed by atoms with Gasteiger partial charge in [0, 0.05) is 30.9 Å². The number of amides is 1. The zero-order chi connectivity index (χ0) is 18.1. The Labute approximate surface area is 150 Å². The second-order valence-corrected chi connectivity index (χ2v) is 6.28. The normalized spacial score (nSPS) is 17.0. The van der Waals surface area contributed by atoms with Crippen molar-refractivity contribution in [2.45, 2.75) is 32.4 Å². The number of nitrogens with zero attached hydrogens (tertiary/aromatic N) is 4. The van der Waals surface area contributed by atoms with E-state index >= 15 is 0 Å². The molecule has 134 valence electrons. The number of rotatable bonds is 4. The Morgan fingerprint density at radius 3 is 3.00 bits per heavy atom. The molecule has 0 aliphatic carbocycles. The van der Waals surface area contributed by atoms with Crippen LogP contribution in [0.15, 0.2) is 47.1 Å². The molecule has 1 unspecified atom stereocenters. The van der Waals surface area contributed by atoms with Crippen molar-refractivity contribution in [2.24, 2.45) is 0 Å². The van der Waals surface area contributed by atoms with Crippen molar-refractivity contribution in [1.82, 2.24) is 19.8 Å². The Hall–Kier alpha value is -2.96. The number of likely N-dealkylation sites (tertiary alicyclic amines) is 1. The topological polar surface area (TPSA) is 64.2 Å². The van der Waals surface area contributed by atoms with Gasteiger partial charge < -0.3 is 9.42 Å². The first-order valence-corrected chi connectivity index (χ1v) is 8.73. The highest BCUT2D eigenvalue weighted by molar-refractivity contribution is 5.93. The summed E-state index contributed by atoms with van der Waals surface area (Å²) in [6.45, 7) is 3.42. The molecule has 7 heteroatoms. The van der Waals surface area contributed by atoms with Gasteiger partial charge in [0.1, 0.15) is 11.5 Å². The van der Waals surface area contributed by atoms with Crippen molar-refractivity contribution >= 4 is 5.91 Å². The van der Waals surface area contributed by atoms with E-state index in [-0.39, 0.29) is 17.7 Å². The summed E-state index contributed by atoms with van der Waals surface area (Å²) in [4.78, 5) is 14.7. The maximum Gasteiger partial charge on any atom is 0.293 e. The van der Waals surface area contributed by atoms with Gasteiger partial charge in [0.05, 0.1) is 11.7 Å². The van der Waals surface area contributed by atoms with Crippen LogP contribution in [-0.2, 0) is 6.54 Å². The molecule has 4 rings (SSSR count). The second-order valence-electron chi connectivity index (χ2n) is 6.28. The number of halogens is 1. The highest BCUT2D eigenvalue weighted by Crippen LogP contribution is 2.33.